The van der Waals surface area contributed by atoms with Crippen LogP contribution in [0.2, 0.25) is 5.02 Å². The van der Waals surface area contributed by atoms with Crippen LogP contribution in [-0.4, -0.2) is 29.8 Å². The number of rotatable bonds is 2. The molecule has 3 N–H and O–H groups in total. The summed E-state index contributed by atoms with van der Waals surface area (Å²) in [6, 6.07) is 5.19. The van der Waals surface area contributed by atoms with Crippen LogP contribution < -0.4 is 11.1 Å². The van der Waals surface area contributed by atoms with E-state index in [1.165, 1.54) is 0 Å². The number of hydrogen-bond donors (Lipinski definition) is 2. The number of nitrogens with zero attached hydrogens (tertiary/aromatic N) is 1. The molecular weight excluding hydrogens is 242 g/mol. The van der Waals surface area contributed by atoms with E-state index in [0.717, 1.165) is 5.56 Å². The number of anilines is 1. The van der Waals surface area contributed by atoms with Gasteiger partial charge < -0.3 is 5.73 Å². The lowest BCUT2D eigenvalue weighted by molar-refractivity contribution is -0.136. The van der Waals surface area contributed by atoms with Crippen molar-refractivity contribution in [2.75, 3.05) is 18.8 Å². The third-order valence-corrected chi connectivity index (χ3v) is 2.75. The highest BCUT2D eigenvalue weighted by atomic mass is 35.5. The van der Waals surface area contributed by atoms with Crippen molar-refractivity contribution in [3.8, 4) is 0 Å². The van der Waals surface area contributed by atoms with Gasteiger partial charge in [-0.3, -0.25) is 19.8 Å². The van der Waals surface area contributed by atoms with E-state index in [1.807, 2.05) is 0 Å². The van der Waals surface area contributed by atoms with Crippen LogP contribution in [0.15, 0.2) is 18.2 Å². The van der Waals surface area contributed by atoms with Gasteiger partial charge in [0.25, 0.3) is 0 Å². The Labute approximate surface area is 104 Å². The van der Waals surface area contributed by atoms with Gasteiger partial charge in [0.1, 0.15) is 0 Å². The fraction of sp³-hybridized carbons (Fsp3) is 0.273. The first-order valence-corrected chi connectivity index (χ1v) is 5.51. The van der Waals surface area contributed by atoms with Crippen molar-refractivity contribution >= 4 is 29.1 Å². The number of nitrogens with two attached hydrogens (primary N) is 1. The summed E-state index contributed by atoms with van der Waals surface area (Å²) in [6.45, 7) is 0.865. The lowest BCUT2D eigenvalue weighted by atomic mass is 10.1. The van der Waals surface area contributed by atoms with Crippen LogP contribution in [0.3, 0.4) is 0 Å². The summed E-state index contributed by atoms with van der Waals surface area (Å²) in [5, 5.41) is 2.82. The molecule has 1 fully saturated rings. The topological polar surface area (TPSA) is 75.4 Å². The van der Waals surface area contributed by atoms with E-state index in [4.69, 9.17) is 17.3 Å². The minimum atomic E-state index is -0.284. The van der Waals surface area contributed by atoms with Crippen molar-refractivity contribution in [1.82, 2.24) is 10.2 Å². The molecule has 0 unspecified atom stereocenters. The Bertz CT molecular complexity index is 460. The molecule has 0 aromatic heterocycles. The van der Waals surface area contributed by atoms with Gasteiger partial charge in [-0.25, -0.2) is 0 Å². The number of carbonyl (C=O) groups is 2. The average Bonchev–Trinajstić information content (AvgIpc) is 2.21. The Morgan fingerprint density at radius 3 is 2.53 bits per heavy atom. The van der Waals surface area contributed by atoms with E-state index in [0.29, 0.717) is 17.3 Å². The number of imide groups is 1. The zero-order valence-corrected chi connectivity index (χ0v) is 9.83. The molecule has 0 bridgehead atoms. The summed E-state index contributed by atoms with van der Waals surface area (Å²) in [4.78, 5) is 24.1. The number of hydrogen-bond acceptors (Lipinski definition) is 4. The average molecular weight is 254 g/mol. The van der Waals surface area contributed by atoms with Gasteiger partial charge in [-0.2, -0.15) is 0 Å². The number of amides is 2. The predicted octanol–water partition coefficient (Wildman–Crippen LogP) is 0.381. The third-order valence-electron chi connectivity index (χ3n) is 2.52. The van der Waals surface area contributed by atoms with Crippen molar-refractivity contribution in [3.63, 3.8) is 0 Å². The molecule has 1 aliphatic heterocycles. The molecule has 90 valence electrons. The lowest BCUT2D eigenvalue weighted by Crippen LogP contribution is -2.50. The summed E-state index contributed by atoms with van der Waals surface area (Å²) >= 11 is 5.79. The Hall–Kier alpha value is -1.59. The highest BCUT2D eigenvalue weighted by Crippen LogP contribution is 2.19. The normalized spacial score (nSPS) is 17.0. The minimum absolute atomic E-state index is 0.202. The van der Waals surface area contributed by atoms with Crippen molar-refractivity contribution in [3.05, 3.63) is 28.8 Å². The molecule has 1 aromatic rings. The van der Waals surface area contributed by atoms with E-state index in [-0.39, 0.29) is 24.9 Å². The molecule has 17 heavy (non-hydrogen) atoms. The molecule has 0 saturated carbocycles. The van der Waals surface area contributed by atoms with Crippen molar-refractivity contribution in [2.24, 2.45) is 0 Å². The highest BCUT2D eigenvalue weighted by molar-refractivity contribution is 6.30. The number of carbonyl (C=O) groups excluding carboxylic acids is 2. The van der Waals surface area contributed by atoms with Crippen LogP contribution in [0, 0.1) is 0 Å². The van der Waals surface area contributed by atoms with Gasteiger partial charge in [0.2, 0.25) is 11.8 Å². The minimum Gasteiger partial charge on any atom is -0.398 e. The monoisotopic (exact) mass is 253 g/mol. The molecule has 1 saturated heterocycles. The second-order valence-electron chi connectivity index (χ2n) is 3.96. The van der Waals surface area contributed by atoms with E-state index in [2.05, 4.69) is 5.32 Å². The second kappa shape index (κ2) is 4.73. The molecule has 0 aliphatic carbocycles. The maximum absolute atomic E-state index is 11.2. The summed E-state index contributed by atoms with van der Waals surface area (Å²) in [6.07, 6.45) is 0. The Morgan fingerprint density at radius 1 is 1.29 bits per heavy atom. The molecule has 1 aliphatic rings. The summed E-state index contributed by atoms with van der Waals surface area (Å²) in [5.74, 6) is -0.567. The van der Waals surface area contributed by atoms with Crippen LogP contribution in [0.1, 0.15) is 5.56 Å². The van der Waals surface area contributed by atoms with Crippen LogP contribution in [0.5, 0.6) is 0 Å². The van der Waals surface area contributed by atoms with Crippen molar-refractivity contribution in [1.29, 1.82) is 0 Å². The molecule has 6 heteroatoms. The molecule has 5 nitrogen and oxygen atoms in total. The summed E-state index contributed by atoms with van der Waals surface area (Å²) in [5.41, 5.74) is 7.24. The Morgan fingerprint density at radius 2 is 1.94 bits per heavy atom. The zero-order chi connectivity index (χ0) is 12.4. The van der Waals surface area contributed by atoms with Gasteiger partial charge in [0.15, 0.2) is 0 Å². The predicted molar refractivity (Wildman–Crippen MR) is 64.3 cm³/mol. The zero-order valence-electron chi connectivity index (χ0n) is 9.07. The first kappa shape index (κ1) is 11.9. The van der Waals surface area contributed by atoms with Crippen LogP contribution in [0.4, 0.5) is 5.69 Å². The van der Waals surface area contributed by atoms with Crippen molar-refractivity contribution in [2.45, 2.75) is 6.54 Å². The van der Waals surface area contributed by atoms with E-state index >= 15 is 0 Å². The van der Waals surface area contributed by atoms with Crippen LogP contribution in [0.25, 0.3) is 0 Å². The fourth-order valence-corrected chi connectivity index (χ4v) is 1.94. The largest absolute Gasteiger partial charge is 0.398 e. The lowest BCUT2D eigenvalue weighted by Gasteiger charge is -2.25. The van der Waals surface area contributed by atoms with Gasteiger partial charge in [-0.15, -0.1) is 0 Å². The first-order valence-electron chi connectivity index (χ1n) is 5.13. The second-order valence-corrected chi connectivity index (χ2v) is 4.40. The first-order chi connectivity index (χ1) is 8.04. The van der Waals surface area contributed by atoms with Gasteiger partial charge >= 0.3 is 0 Å². The number of nitrogens with one attached hydrogen (secondary N) is 1. The molecule has 1 aromatic carbocycles. The van der Waals surface area contributed by atoms with Gasteiger partial charge in [-0.05, 0) is 17.7 Å². The van der Waals surface area contributed by atoms with Crippen molar-refractivity contribution < 1.29 is 9.59 Å². The quantitative estimate of drug-likeness (QED) is 0.590. The van der Waals surface area contributed by atoms with Gasteiger partial charge in [0.05, 0.1) is 13.1 Å². The standard InChI is InChI=1S/C11H12ClN3O2/c12-8-2-1-7(9(13)3-8)4-15-5-10(16)14-11(17)6-15/h1-3H,4-6,13H2,(H,14,16,17). The molecule has 1 heterocycles. The highest BCUT2D eigenvalue weighted by Gasteiger charge is 2.22. The summed E-state index contributed by atoms with van der Waals surface area (Å²) in [7, 11) is 0. The number of piperazine rings is 1. The van der Waals surface area contributed by atoms with Crippen LogP contribution in [-0.2, 0) is 16.1 Å². The maximum Gasteiger partial charge on any atom is 0.240 e. The Kier molecular flexibility index (Phi) is 3.31. The molecule has 2 rings (SSSR count). The summed E-state index contributed by atoms with van der Waals surface area (Å²) < 4.78 is 0. The van der Waals surface area contributed by atoms with Gasteiger partial charge in [0, 0.05) is 17.3 Å². The number of benzene rings is 1. The van der Waals surface area contributed by atoms with Gasteiger partial charge in [-0.1, -0.05) is 17.7 Å². The number of nitrogen functional groups attached to an aromatic ring is 1. The Balaban J connectivity index is 2.10. The maximum atomic E-state index is 11.2. The molecule has 0 atom stereocenters. The fourth-order valence-electron chi connectivity index (χ4n) is 1.76. The number of halogens is 1. The third kappa shape index (κ3) is 2.95. The molecule has 0 radical (unpaired) electrons. The smallest absolute Gasteiger partial charge is 0.240 e. The molecule has 0 spiro atoms. The van der Waals surface area contributed by atoms with E-state index < -0.39 is 0 Å². The van der Waals surface area contributed by atoms with Crippen LogP contribution >= 0.6 is 11.6 Å². The van der Waals surface area contributed by atoms with E-state index in [9.17, 15) is 9.59 Å². The molecule has 2 amide bonds. The molecular formula is C11H12ClN3O2. The van der Waals surface area contributed by atoms with E-state index in [1.54, 1.807) is 23.1 Å². The SMILES string of the molecule is Nc1cc(Cl)ccc1CN1CC(=O)NC(=O)C1.